The number of esters is 1. The molecule has 8 nitrogen and oxygen atoms in total. The fourth-order valence-electron chi connectivity index (χ4n) is 3.56. The number of anilines is 1. The van der Waals surface area contributed by atoms with Crippen LogP contribution in [0.2, 0.25) is 5.02 Å². The van der Waals surface area contributed by atoms with E-state index >= 15 is 0 Å². The molecule has 0 saturated heterocycles. The molecule has 0 radical (unpaired) electrons. The lowest BCUT2D eigenvalue weighted by molar-refractivity contribution is 0.0429. The number of halogens is 1. The predicted octanol–water partition coefficient (Wildman–Crippen LogP) is 4.86. The number of benzene rings is 3. The van der Waals surface area contributed by atoms with Crippen molar-refractivity contribution in [1.82, 2.24) is 10.1 Å². The minimum atomic E-state index is -0.700. The number of para-hydroxylation sites is 1. The Balaban J connectivity index is 1.31. The third kappa shape index (κ3) is 3.84. The summed E-state index contributed by atoms with van der Waals surface area (Å²) >= 11 is 6.17. The Morgan fingerprint density at radius 1 is 1.00 bits per heavy atom. The maximum atomic E-state index is 12.9. The standard InChI is InChI=1S/C25H16ClN3O5/c1-14-6-8-15(9-7-14)22-27-21(34-28-22)13-33-25(32)16-10-11-17-18(12-16)24(31)29(23(17)30)20-5-3-2-4-19(20)26/h2-12H,13H2,1H3. The Morgan fingerprint density at radius 2 is 1.74 bits per heavy atom. The Bertz CT molecular complexity index is 1450. The van der Waals surface area contributed by atoms with Crippen LogP contribution in [0.15, 0.2) is 71.3 Å². The first kappa shape index (κ1) is 21.5. The Morgan fingerprint density at radius 3 is 2.50 bits per heavy atom. The number of rotatable bonds is 5. The van der Waals surface area contributed by atoms with Gasteiger partial charge in [0.15, 0.2) is 6.61 Å². The fraction of sp³-hybridized carbons (Fsp3) is 0.0800. The van der Waals surface area contributed by atoms with Crippen molar-refractivity contribution in [2.75, 3.05) is 4.90 Å². The van der Waals surface area contributed by atoms with Crippen LogP contribution >= 0.6 is 11.6 Å². The zero-order valence-electron chi connectivity index (χ0n) is 17.8. The molecule has 9 heteroatoms. The van der Waals surface area contributed by atoms with Crippen LogP contribution in [-0.2, 0) is 11.3 Å². The van der Waals surface area contributed by atoms with Gasteiger partial charge in [0.2, 0.25) is 5.82 Å². The molecule has 1 aliphatic rings. The number of fused-ring (bicyclic) bond motifs is 1. The molecule has 0 aliphatic carbocycles. The largest absolute Gasteiger partial charge is 0.452 e. The first-order valence-corrected chi connectivity index (χ1v) is 10.6. The minimum absolute atomic E-state index is 0.0961. The van der Waals surface area contributed by atoms with Crippen LogP contribution in [0.1, 0.15) is 42.5 Å². The highest BCUT2D eigenvalue weighted by atomic mass is 35.5. The van der Waals surface area contributed by atoms with Crippen molar-refractivity contribution in [2.45, 2.75) is 13.5 Å². The third-order valence-electron chi connectivity index (χ3n) is 5.32. The summed E-state index contributed by atoms with van der Waals surface area (Å²) in [7, 11) is 0. The second kappa shape index (κ2) is 8.57. The van der Waals surface area contributed by atoms with Gasteiger partial charge >= 0.3 is 5.97 Å². The average Bonchev–Trinajstić information content (AvgIpc) is 3.41. The van der Waals surface area contributed by atoms with Crippen molar-refractivity contribution in [3.63, 3.8) is 0 Å². The minimum Gasteiger partial charge on any atom is -0.452 e. The molecular weight excluding hydrogens is 458 g/mol. The van der Waals surface area contributed by atoms with Crippen LogP contribution in [0.3, 0.4) is 0 Å². The van der Waals surface area contributed by atoms with Gasteiger partial charge in [0.1, 0.15) is 0 Å². The number of hydrogen-bond donors (Lipinski definition) is 0. The number of carbonyl (C=O) groups excluding carboxylic acids is 3. The van der Waals surface area contributed by atoms with Crippen LogP contribution in [0.5, 0.6) is 0 Å². The second-order valence-electron chi connectivity index (χ2n) is 7.61. The maximum absolute atomic E-state index is 12.9. The van der Waals surface area contributed by atoms with Crippen molar-refractivity contribution in [1.29, 1.82) is 0 Å². The first-order valence-electron chi connectivity index (χ1n) is 10.3. The van der Waals surface area contributed by atoms with Gasteiger partial charge in [-0.25, -0.2) is 9.69 Å². The van der Waals surface area contributed by atoms with E-state index in [0.717, 1.165) is 16.0 Å². The monoisotopic (exact) mass is 473 g/mol. The molecular formula is C25H16ClN3O5. The number of ether oxygens (including phenoxy) is 1. The normalized spacial score (nSPS) is 12.7. The van der Waals surface area contributed by atoms with Crippen LogP contribution in [0.4, 0.5) is 5.69 Å². The van der Waals surface area contributed by atoms with Gasteiger partial charge in [-0.15, -0.1) is 0 Å². The van der Waals surface area contributed by atoms with E-state index in [2.05, 4.69) is 10.1 Å². The maximum Gasteiger partial charge on any atom is 0.338 e. The topological polar surface area (TPSA) is 103 Å². The number of aromatic nitrogens is 2. The molecule has 1 aliphatic heterocycles. The van der Waals surface area contributed by atoms with Gasteiger partial charge < -0.3 is 9.26 Å². The van der Waals surface area contributed by atoms with Crippen molar-refractivity contribution < 1.29 is 23.6 Å². The van der Waals surface area contributed by atoms with E-state index in [9.17, 15) is 14.4 Å². The van der Waals surface area contributed by atoms with Gasteiger partial charge in [-0.2, -0.15) is 4.98 Å². The van der Waals surface area contributed by atoms with Crippen LogP contribution < -0.4 is 4.90 Å². The molecule has 0 N–H and O–H groups in total. The van der Waals surface area contributed by atoms with Gasteiger partial charge in [-0.05, 0) is 37.3 Å². The van der Waals surface area contributed by atoms with Crippen LogP contribution in [0.25, 0.3) is 11.4 Å². The molecule has 5 rings (SSSR count). The van der Waals surface area contributed by atoms with Crippen molar-refractivity contribution >= 4 is 35.1 Å². The molecule has 2 heterocycles. The molecule has 0 fully saturated rings. The highest BCUT2D eigenvalue weighted by Gasteiger charge is 2.38. The van der Waals surface area contributed by atoms with Gasteiger partial charge in [-0.1, -0.05) is 58.7 Å². The quantitative estimate of drug-likeness (QED) is 0.301. The zero-order chi connectivity index (χ0) is 23.8. The first-order chi connectivity index (χ1) is 16.4. The number of imide groups is 1. The summed E-state index contributed by atoms with van der Waals surface area (Å²) < 4.78 is 10.4. The predicted molar refractivity (Wildman–Crippen MR) is 123 cm³/mol. The second-order valence-corrected chi connectivity index (χ2v) is 8.02. The molecule has 168 valence electrons. The van der Waals surface area contributed by atoms with E-state index in [1.165, 1.54) is 18.2 Å². The highest BCUT2D eigenvalue weighted by molar-refractivity contribution is 6.39. The van der Waals surface area contributed by atoms with Gasteiger partial charge in [-0.3, -0.25) is 9.59 Å². The lowest BCUT2D eigenvalue weighted by Gasteiger charge is -2.15. The summed E-state index contributed by atoms with van der Waals surface area (Å²) in [5.74, 6) is -1.27. The van der Waals surface area contributed by atoms with E-state index in [1.807, 2.05) is 31.2 Å². The molecule has 34 heavy (non-hydrogen) atoms. The average molecular weight is 474 g/mol. The van der Waals surface area contributed by atoms with E-state index in [4.69, 9.17) is 20.9 Å². The molecule has 0 unspecified atom stereocenters. The molecule has 3 aromatic carbocycles. The summed E-state index contributed by atoms with van der Waals surface area (Å²) in [6.07, 6.45) is 0. The Hall–Kier alpha value is -4.30. The molecule has 0 bridgehead atoms. The summed E-state index contributed by atoms with van der Waals surface area (Å²) in [4.78, 5) is 43.5. The van der Waals surface area contributed by atoms with E-state index in [-0.39, 0.29) is 39.9 Å². The van der Waals surface area contributed by atoms with Crippen molar-refractivity contribution in [3.8, 4) is 11.4 Å². The van der Waals surface area contributed by atoms with Gasteiger partial charge in [0, 0.05) is 5.56 Å². The molecule has 1 aromatic heterocycles. The van der Waals surface area contributed by atoms with Crippen LogP contribution in [0, 0.1) is 6.92 Å². The lowest BCUT2D eigenvalue weighted by Crippen LogP contribution is -2.29. The van der Waals surface area contributed by atoms with Crippen molar-refractivity contribution in [2.24, 2.45) is 0 Å². The Labute approximate surface area is 198 Å². The number of hydrogen-bond acceptors (Lipinski definition) is 7. The smallest absolute Gasteiger partial charge is 0.338 e. The SMILES string of the molecule is Cc1ccc(-c2noc(COC(=O)c3ccc4c(c3)C(=O)N(c3ccccc3Cl)C4=O)n2)cc1. The zero-order valence-corrected chi connectivity index (χ0v) is 18.6. The molecule has 4 aromatic rings. The van der Waals surface area contributed by atoms with Crippen LogP contribution in [-0.4, -0.2) is 27.9 Å². The van der Waals surface area contributed by atoms with E-state index in [1.54, 1.807) is 24.3 Å². The third-order valence-corrected chi connectivity index (χ3v) is 5.64. The molecule has 0 saturated carbocycles. The Kier molecular flexibility index (Phi) is 5.43. The number of amides is 2. The highest BCUT2D eigenvalue weighted by Crippen LogP contribution is 2.33. The van der Waals surface area contributed by atoms with Gasteiger partial charge in [0.25, 0.3) is 17.7 Å². The summed E-state index contributed by atoms with van der Waals surface area (Å²) in [5.41, 5.74) is 2.54. The lowest BCUT2D eigenvalue weighted by atomic mass is 10.1. The molecule has 2 amide bonds. The van der Waals surface area contributed by atoms with E-state index < -0.39 is 17.8 Å². The summed E-state index contributed by atoms with van der Waals surface area (Å²) in [5, 5.41) is 4.17. The van der Waals surface area contributed by atoms with Gasteiger partial charge in [0.05, 0.1) is 27.4 Å². The van der Waals surface area contributed by atoms with E-state index in [0.29, 0.717) is 5.82 Å². The number of aryl methyl sites for hydroxylation is 1. The summed E-state index contributed by atoms with van der Waals surface area (Å²) in [6, 6.07) is 18.3. The fourth-order valence-corrected chi connectivity index (χ4v) is 3.78. The van der Waals surface area contributed by atoms with Crippen molar-refractivity contribution in [3.05, 3.63) is 99.9 Å². The molecule has 0 spiro atoms. The number of nitrogens with zero attached hydrogens (tertiary/aromatic N) is 3. The summed E-state index contributed by atoms with van der Waals surface area (Å²) in [6.45, 7) is 1.73. The number of carbonyl (C=O) groups is 3. The molecule has 0 atom stereocenters.